The predicted octanol–water partition coefficient (Wildman–Crippen LogP) is 0.535. The number of amides is 1. The maximum absolute atomic E-state index is 12.5. The van der Waals surface area contributed by atoms with E-state index < -0.39 is 17.8 Å². The Morgan fingerprint density at radius 2 is 1.97 bits per heavy atom. The summed E-state index contributed by atoms with van der Waals surface area (Å²) < 4.78 is 5.20. The normalized spacial score (nSPS) is 15.4. The summed E-state index contributed by atoms with van der Waals surface area (Å²) in [7, 11) is 0. The van der Waals surface area contributed by atoms with Gasteiger partial charge in [-0.25, -0.2) is 4.79 Å². The Labute approximate surface area is 173 Å². The zero-order valence-corrected chi connectivity index (χ0v) is 17.1. The molecule has 154 valence electrons. The van der Waals surface area contributed by atoms with Gasteiger partial charge in [0.2, 0.25) is 5.91 Å². The van der Waals surface area contributed by atoms with Gasteiger partial charge in [0.15, 0.2) is 0 Å². The fraction of sp³-hybridized carbons (Fsp3) is 0.381. The molecule has 1 aromatic carbocycles. The van der Waals surface area contributed by atoms with Gasteiger partial charge in [-0.3, -0.25) is 4.79 Å². The molecule has 0 fully saturated rings. The van der Waals surface area contributed by atoms with E-state index in [0.29, 0.717) is 10.6 Å². The van der Waals surface area contributed by atoms with Crippen LogP contribution in [0, 0.1) is 0 Å². The molecule has 0 aliphatic carbocycles. The number of fused-ring (bicyclic) bond motifs is 1. The van der Waals surface area contributed by atoms with Crippen LogP contribution in [0.5, 0.6) is 0 Å². The highest BCUT2D eigenvalue weighted by atomic mass is 32.1. The summed E-state index contributed by atoms with van der Waals surface area (Å²) in [5.41, 5.74) is 2.59. The van der Waals surface area contributed by atoms with Crippen molar-refractivity contribution in [2.24, 2.45) is 0 Å². The number of hydrogen-bond acceptors (Lipinski definition) is 6. The third-order valence-corrected chi connectivity index (χ3v) is 5.96. The van der Waals surface area contributed by atoms with Crippen LogP contribution in [0.1, 0.15) is 46.1 Å². The molecular weight excluding hydrogens is 392 g/mol. The minimum Gasteiger partial charge on any atom is -0.550 e. The van der Waals surface area contributed by atoms with Crippen molar-refractivity contribution in [3.63, 3.8) is 0 Å². The van der Waals surface area contributed by atoms with Gasteiger partial charge in [0.1, 0.15) is 18.1 Å². The Morgan fingerprint density at radius 3 is 2.66 bits per heavy atom. The first kappa shape index (κ1) is 21.0. The summed E-state index contributed by atoms with van der Waals surface area (Å²) in [6.45, 7) is 4.51. The lowest BCUT2D eigenvalue weighted by Gasteiger charge is -2.24. The average Bonchev–Trinajstić information content (AvgIpc) is 3.04. The highest BCUT2D eigenvalue weighted by molar-refractivity contribution is 7.17. The number of carboxylic acid groups (broad SMARTS) is 1. The van der Waals surface area contributed by atoms with Crippen LogP contribution >= 0.6 is 11.3 Å². The second-order valence-electron chi connectivity index (χ2n) is 6.94. The van der Waals surface area contributed by atoms with Crippen molar-refractivity contribution < 1.29 is 29.1 Å². The van der Waals surface area contributed by atoms with Crippen molar-refractivity contribution in [3.05, 3.63) is 51.9 Å². The number of rotatable bonds is 8. The molecule has 7 nitrogen and oxygen atoms in total. The standard InChI is InChI=1S/C21H24N2O5S/c1-2-28-21(27)19-15-10-11-23(12-14-6-4-3-5-7-14)13-16(15)29-20(19)22-17(24)8-9-18(25)26/h3-7H,2,8-13H2,1H3,(H,22,24)(H,25,26). The molecule has 0 saturated heterocycles. The Morgan fingerprint density at radius 1 is 1.21 bits per heavy atom. The maximum Gasteiger partial charge on any atom is 0.341 e. The molecule has 2 N–H and O–H groups in total. The van der Waals surface area contributed by atoms with E-state index in [1.54, 1.807) is 6.92 Å². The number of anilines is 1. The molecule has 1 aromatic heterocycles. The minimum absolute atomic E-state index is 0.196. The SMILES string of the molecule is CCOC(=O)c1c(NC(=O)CCC(=O)[O-])sc2c1CC[NH+](Cc1ccccc1)C2. The summed E-state index contributed by atoms with van der Waals surface area (Å²) in [5.74, 6) is -2.19. The maximum atomic E-state index is 12.5. The molecule has 8 heteroatoms. The number of ether oxygens (including phenoxy) is 1. The van der Waals surface area contributed by atoms with Crippen LogP contribution in [-0.2, 0) is 33.8 Å². The third-order valence-electron chi connectivity index (χ3n) is 4.82. The van der Waals surface area contributed by atoms with Crippen molar-refractivity contribution in [2.75, 3.05) is 18.5 Å². The lowest BCUT2D eigenvalue weighted by atomic mass is 10.0. The van der Waals surface area contributed by atoms with Gasteiger partial charge in [0.25, 0.3) is 0 Å². The fourth-order valence-electron chi connectivity index (χ4n) is 3.48. The molecule has 1 unspecified atom stereocenters. The summed E-state index contributed by atoms with van der Waals surface area (Å²) in [4.78, 5) is 37.7. The Hall–Kier alpha value is -2.71. The first-order valence-corrected chi connectivity index (χ1v) is 10.5. The lowest BCUT2D eigenvalue weighted by Crippen LogP contribution is -3.10. The van der Waals surface area contributed by atoms with E-state index in [0.717, 1.165) is 36.5 Å². The van der Waals surface area contributed by atoms with Crippen LogP contribution in [-0.4, -0.2) is 31.0 Å². The van der Waals surface area contributed by atoms with Crippen LogP contribution < -0.4 is 15.3 Å². The summed E-state index contributed by atoms with van der Waals surface area (Å²) in [6.07, 6.45) is 0.163. The minimum atomic E-state index is -1.28. The number of carbonyl (C=O) groups is 3. The molecule has 0 radical (unpaired) electrons. The molecule has 1 aliphatic heterocycles. The average molecular weight is 416 g/mol. The molecule has 0 saturated carbocycles. The number of benzene rings is 1. The van der Waals surface area contributed by atoms with Crippen LogP contribution in [0.15, 0.2) is 30.3 Å². The lowest BCUT2D eigenvalue weighted by molar-refractivity contribution is -0.929. The van der Waals surface area contributed by atoms with Gasteiger partial charge in [0, 0.05) is 24.4 Å². The topological polar surface area (TPSA) is 100.0 Å². The summed E-state index contributed by atoms with van der Waals surface area (Å²) in [6, 6.07) is 10.2. The zero-order valence-electron chi connectivity index (χ0n) is 16.3. The van der Waals surface area contributed by atoms with Crippen molar-refractivity contribution in [3.8, 4) is 0 Å². The number of carboxylic acids is 1. The van der Waals surface area contributed by atoms with E-state index in [-0.39, 0.29) is 19.4 Å². The van der Waals surface area contributed by atoms with Gasteiger partial charge in [-0.15, -0.1) is 11.3 Å². The highest BCUT2D eigenvalue weighted by Gasteiger charge is 2.31. The quantitative estimate of drug-likeness (QED) is 0.612. The molecule has 1 atom stereocenters. The van der Waals surface area contributed by atoms with Gasteiger partial charge >= 0.3 is 5.97 Å². The molecule has 2 aromatic rings. The van der Waals surface area contributed by atoms with Crippen molar-refractivity contribution >= 4 is 34.2 Å². The molecule has 0 bridgehead atoms. The predicted molar refractivity (Wildman–Crippen MR) is 107 cm³/mol. The number of carbonyl (C=O) groups excluding carboxylic acids is 3. The van der Waals surface area contributed by atoms with E-state index in [4.69, 9.17) is 4.74 Å². The van der Waals surface area contributed by atoms with Gasteiger partial charge in [-0.05, 0) is 18.9 Å². The molecular formula is C21H24N2O5S. The molecule has 1 amide bonds. The summed E-state index contributed by atoms with van der Waals surface area (Å²) >= 11 is 1.38. The van der Waals surface area contributed by atoms with Gasteiger partial charge in [-0.2, -0.15) is 0 Å². The fourth-order valence-corrected chi connectivity index (χ4v) is 4.81. The number of nitrogens with one attached hydrogen (secondary N) is 2. The van der Waals surface area contributed by atoms with Crippen molar-refractivity contribution in [1.29, 1.82) is 0 Å². The number of aliphatic carboxylic acids is 1. The zero-order chi connectivity index (χ0) is 20.8. The van der Waals surface area contributed by atoms with E-state index in [1.165, 1.54) is 21.8 Å². The second kappa shape index (κ2) is 9.67. The summed E-state index contributed by atoms with van der Waals surface area (Å²) in [5, 5.41) is 13.7. The third kappa shape index (κ3) is 5.42. The number of hydrogen-bond donors (Lipinski definition) is 2. The molecule has 3 rings (SSSR count). The highest BCUT2D eigenvalue weighted by Crippen LogP contribution is 2.35. The first-order chi connectivity index (χ1) is 14.0. The van der Waals surface area contributed by atoms with Crippen LogP contribution in [0.4, 0.5) is 5.00 Å². The van der Waals surface area contributed by atoms with E-state index >= 15 is 0 Å². The first-order valence-electron chi connectivity index (χ1n) is 9.66. The Bertz CT molecular complexity index is 894. The van der Waals surface area contributed by atoms with Crippen molar-refractivity contribution in [2.45, 2.75) is 39.3 Å². The van der Waals surface area contributed by atoms with Gasteiger partial charge in [-0.1, -0.05) is 30.3 Å². The monoisotopic (exact) mass is 416 g/mol. The van der Waals surface area contributed by atoms with E-state index in [1.807, 2.05) is 18.2 Å². The van der Waals surface area contributed by atoms with Gasteiger partial charge < -0.3 is 24.9 Å². The van der Waals surface area contributed by atoms with Crippen LogP contribution in [0.3, 0.4) is 0 Å². The number of thiophene rings is 1. The van der Waals surface area contributed by atoms with Gasteiger partial charge in [0.05, 0.1) is 23.6 Å². The van der Waals surface area contributed by atoms with Crippen molar-refractivity contribution in [1.82, 2.24) is 0 Å². The number of esters is 1. The molecule has 2 heterocycles. The second-order valence-corrected chi connectivity index (χ2v) is 8.04. The molecule has 29 heavy (non-hydrogen) atoms. The van der Waals surface area contributed by atoms with Crippen LogP contribution in [0.25, 0.3) is 0 Å². The smallest absolute Gasteiger partial charge is 0.341 e. The van der Waals surface area contributed by atoms with E-state index in [2.05, 4.69) is 17.4 Å². The van der Waals surface area contributed by atoms with E-state index in [9.17, 15) is 19.5 Å². The largest absolute Gasteiger partial charge is 0.550 e. The Kier molecular flexibility index (Phi) is 7.00. The number of quaternary nitrogens is 1. The Balaban J connectivity index is 1.79. The molecule has 1 aliphatic rings. The van der Waals surface area contributed by atoms with Crippen LogP contribution in [0.2, 0.25) is 0 Å². The molecule has 0 spiro atoms.